The van der Waals surface area contributed by atoms with Crippen LogP contribution in [0.2, 0.25) is 0 Å². The Morgan fingerprint density at radius 1 is 1.18 bits per heavy atom. The SMILES string of the molecule is CCCCCn1c(=O)c(C(=O)Nc2nnc(CCC)s2)c(O)c2ccccc21. The molecule has 0 saturated carbocycles. The van der Waals surface area contributed by atoms with E-state index >= 15 is 0 Å². The van der Waals surface area contributed by atoms with Gasteiger partial charge in [-0.1, -0.05) is 50.2 Å². The number of carbonyl (C=O) groups excluding carboxylic acids is 1. The highest BCUT2D eigenvalue weighted by molar-refractivity contribution is 7.15. The number of fused-ring (bicyclic) bond motifs is 1. The molecule has 3 rings (SSSR count). The van der Waals surface area contributed by atoms with Crippen LogP contribution >= 0.6 is 11.3 Å². The van der Waals surface area contributed by atoms with Crippen LogP contribution in [-0.4, -0.2) is 25.8 Å². The molecule has 2 heterocycles. The molecule has 0 aliphatic carbocycles. The number of aromatic hydroxyl groups is 1. The lowest BCUT2D eigenvalue weighted by atomic mass is 10.1. The van der Waals surface area contributed by atoms with Gasteiger partial charge in [0.15, 0.2) is 0 Å². The number of pyridine rings is 1. The fourth-order valence-electron chi connectivity index (χ4n) is 3.11. The average Bonchev–Trinajstić information content (AvgIpc) is 3.12. The van der Waals surface area contributed by atoms with Gasteiger partial charge in [0.2, 0.25) is 5.13 Å². The summed E-state index contributed by atoms with van der Waals surface area (Å²) in [5.74, 6) is -0.972. The van der Waals surface area contributed by atoms with Gasteiger partial charge in [0.25, 0.3) is 11.5 Å². The van der Waals surface area contributed by atoms with E-state index in [9.17, 15) is 14.7 Å². The van der Waals surface area contributed by atoms with Crippen LogP contribution in [0.5, 0.6) is 5.75 Å². The van der Waals surface area contributed by atoms with E-state index in [1.54, 1.807) is 22.8 Å². The van der Waals surface area contributed by atoms with Crippen LogP contribution < -0.4 is 10.9 Å². The summed E-state index contributed by atoms with van der Waals surface area (Å²) in [4.78, 5) is 25.9. The van der Waals surface area contributed by atoms with Gasteiger partial charge in [-0.05, 0) is 25.0 Å². The van der Waals surface area contributed by atoms with E-state index in [-0.39, 0.29) is 11.3 Å². The zero-order valence-corrected chi connectivity index (χ0v) is 16.9. The average molecular weight is 401 g/mol. The minimum absolute atomic E-state index is 0.262. The lowest BCUT2D eigenvalue weighted by Crippen LogP contribution is -2.30. The van der Waals surface area contributed by atoms with Gasteiger partial charge in [-0.25, -0.2) is 0 Å². The van der Waals surface area contributed by atoms with Crippen molar-refractivity contribution in [1.29, 1.82) is 0 Å². The van der Waals surface area contributed by atoms with Gasteiger partial charge in [0.1, 0.15) is 16.3 Å². The lowest BCUT2D eigenvalue weighted by molar-refractivity contribution is 0.102. The molecule has 1 aromatic carbocycles. The minimum Gasteiger partial charge on any atom is -0.506 e. The number of unbranched alkanes of at least 4 members (excludes halogenated alkanes) is 2. The highest BCUT2D eigenvalue weighted by Gasteiger charge is 2.23. The number of amides is 1. The number of anilines is 1. The maximum atomic E-state index is 13.0. The summed E-state index contributed by atoms with van der Waals surface area (Å²) in [5, 5.41) is 22.9. The molecule has 0 fully saturated rings. The molecule has 2 aromatic heterocycles. The van der Waals surface area contributed by atoms with E-state index in [0.29, 0.717) is 22.6 Å². The van der Waals surface area contributed by atoms with E-state index in [2.05, 4.69) is 22.4 Å². The van der Waals surface area contributed by atoms with Gasteiger partial charge in [-0.3, -0.25) is 14.9 Å². The standard InChI is InChI=1S/C20H24N4O3S/c1-3-5-8-12-24-14-11-7-6-10-13(14)17(25)16(19(24)27)18(26)21-20-23-22-15(28-20)9-4-2/h6-7,10-11,25H,3-5,8-9,12H2,1-2H3,(H,21,23,26). The number of hydrogen-bond acceptors (Lipinski definition) is 6. The van der Waals surface area contributed by atoms with Crippen LogP contribution in [0.1, 0.15) is 54.9 Å². The predicted molar refractivity (Wildman–Crippen MR) is 111 cm³/mol. The summed E-state index contributed by atoms with van der Waals surface area (Å²) in [7, 11) is 0. The molecule has 148 valence electrons. The van der Waals surface area contributed by atoms with Gasteiger partial charge in [-0.15, -0.1) is 10.2 Å². The van der Waals surface area contributed by atoms with Gasteiger partial charge in [-0.2, -0.15) is 0 Å². The molecule has 2 N–H and O–H groups in total. The topological polar surface area (TPSA) is 97.1 Å². The van der Waals surface area contributed by atoms with E-state index in [1.165, 1.54) is 11.3 Å². The third-order valence-corrected chi connectivity index (χ3v) is 5.41. The van der Waals surface area contributed by atoms with E-state index < -0.39 is 11.5 Å². The van der Waals surface area contributed by atoms with Crippen molar-refractivity contribution < 1.29 is 9.90 Å². The molecule has 0 bridgehead atoms. The Labute approximate surface area is 167 Å². The number of nitrogens with one attached hydrogen (secondary N) is 1. The van der Waals surface area contributed by atoms with Crippen molar-refractivity contribution in [3.8, 4) is 5.75 Å². The van der Waals surface area contributed by atoms with Gasteiger partial charge < -0.3 is 9.67 Å². The number of benzene rings is 1. The zero-order valence-electron chi connectivity index (χ0n) is 16.1. The zero-order chi connectivity index (χ0) is 20.1. The molecule has 8 heteroatoms. The number of hydrogen-bond donors (Lipinski definition) is 2. The van der Waals surface area contributed by atoms with Crippen LogP contribution in [0.3, 0.4) is 0 Å². The number of para-hydroxylation sites is 1. The summed E-state index contributed by atoms with van der Waals surface area (Å²) in [6, 6.07) is 7.08. The smallest absolute Gasteiger partial charge is 0.267 e. The van der Waals surface area contributed by atoms with Crippen molar-refractivity contribution in [2.24, 2.45) is 0 Å². The number of carbonyl (C=O) groups is 1. The molecule has 0 aliphatic rings. The Balaban J connectivity index is 2.01. The Bertz CT molecular complexity index is 1040. The van der Waals surface area contributed by atoms with E-state index in [1.807, 2.05) is 13.0 Å². The Kier molecular flexibility index (Phi) is 6.41. The predicted octanol–water partition coefficient (Wildman–Crippen LogP) is 3.95. The molecule has 0 aliphatic heterocycles. The minimum atomic E-state index is -0.670. The van der Waals surface area contributed by atoms with Crippen molar-refractivity contribution in [2.75, 3.05) is 5.32 Å². The molecule has 7 nitrogen and oxygen atoms in total. The second-order valence-corrected chi connectivity index (χ2v) is 7.67. The molecule has 0 saturated heterocycles. The van der Waals surface area contributed by atoms with Gasteiger partial charge >= 0.3 is 0 Å². The number of aromatic nitrogens is 3. The first-order valence-electron chi connectivity index (χ1n) is 9.55. The van der Waals surface area contributed by atoms with E-state index in [4.69, 9.17) is 0 Å². The monoisotopic (exact) mass is 400 g/mol. The van der Waals surface area contributed by atoms with Crippen molar-refractivity contribution in [2.45, 2.75) is 52.5 Å². The van der Waals surface area contributed by atoms with Crippen LogP contribution in [0.25, 0.3) is 10.9 Å². The second-order valence-electron chi connectivity index (χ2n) is 6.61. The summed E-state index contributed by atoms with van der Waals surface area (Å²) in [5.41, 5.74) is -0.135. The Hall–Kier alpha value is -2.74. The highest BCUT2D eigenvalue weighted by Crippen LogP contribution is 2.27. The van der Waals surface area contributed by atoms with Crippen molar-refractivity contribution in [1.82, 2.24) is 14.8 Å². The van der Waals surface area contributed by atoms with Crippen LogP contribution in [-0.2, 0) is 13.0 Å². The third kappa shape index (κ3) is 4.06. The molecule has 3 aromatic rings. The maximum absolute atomic E-state index is 13.0. The molecule has 0 atom stereocenters. The number of rotatable bonds is 8. The lowest BCUT2D eigenvalue weighted by Gasteiger charge is -2.14. The molecule has 0 unspecified atom stereocenters. The van der Waals surface area contributed by atoms with Crippen molar-refractivity contribution in [3.05, 3.63) is 45.2 Å². The second kappa shape index (κ2) is 8.97. The van der Waals surface area contributed by atoms with Gasteiger partial charge in [0, 0.05) is 18.4 Å². The summed E-state index contributed by atoms with van der Waals surface area (Å²) < 4.78 is 1.57. The summed E-state index contributed by atoms with van der Waals surface area (Å²) in [6.45, 7) is 4.62. The summed E-state index contributed by atoms with van der Waals surface area (Å²) in [6.07, 6.45) is 4.53. The molecule has 28 heavy (non-hydrogen) atoms. The fraction of sp³-hybridized carbons (Fsp3) is 0.400. The van der Waals surface area contributed by atoms with Crippen molar-refractivity contribution >= 4 is 33.3 Å². The molecular weight excluding hydrogens is 376 g/mol. The van der Waals surface area contributed by atoms with Crippen LogP contribution in [0.15, 0.2) is 29.1 Å². The summed E-state index contributed by atoms with van der Waals surface area (Å²) >= 11 is 1.27. The number of nitrogens with zero attached hydrogens (tertiary/aromatic N) is 3. The van der Waals surface area contributed by atoms with Crippen LogP contribution in [0, 0.1) is 0 Å². The molecule has 1 amide bonds. The quantitative estimate of drug-likeness (QED) is 0.558. The van der Waals surface area contributed by atoms with Gasteiger partial charge in [0.05, 0.1) is 5.52 Å². The van der Waals surface area contributed by atoms with Crippen molar-refractivity contribution in [3.63, 3.8) is 0 Å². The molecular formula is C20H24N4O3S. The van der Waals surface area contributed by atoms with E-state index in [0.717, 1.165) is 37.1 Å². The number of aryl methyl sites for hydroxylation is 2. The Morgan fingerprint density at radius 2 is 1.96 bits per heavy atom. The highest BCUT2D eigenvalue weighted by atomic mass is 32.1. The molecule has 0 radical (unpaired) electrons. The largest absolute Gasteiger partial charge is 0.506 e. The fourth-order valence-corrected chi connectivity index (χ4v) is 3.95. The first-order chi connectivity index (χ1) is 13.6. The normalized spacial score (nSPS) is 11.1. The first kappa shape index (κ1) is 20.0. The maximum Gasteiger partial charge on any atom is 0.267 e. The molecule has 0 spiro atoms. The Morgan fingerprint density at radius 3 is 2.71 bits per heavy atom. The third-order valence-electron chi connectivity index (χ3n) is 4.51. The van der Waals surface area contributed by atoms with Crippen LogP contribution in [0.4, 0.5) is 5.13 Å². The first-order valence-corrected chi connectivity index (χ1v) is 10.4.